The molecule has 0 bridgehead atoms. The number of hydrogen-bond acceptors (Lipinski definition) is 3. The molecule has 0 saturated carbocycles. The van der Waals surface area contributed by atoms with Crippen molar-refractivity contribution in [2.45, 2.75) is 13.3 Å². The first-order valence-corrected chi connectivity index (χ1v) is 10.6. The van der Waals surface area contributed by atoms with E-state index in [-0.39, 0.29) is 21.4 Å². The molecule has 0 radical (unpaired) electrons. The highest BCUT2D eigenvalue weighted by Crippen LogP contribution is 2.41. The topological polar surface area (TPSA) is 72.5 Å². The van der Waals surface area contributed by atoms with E-state index in [1.54, 1.807) is 30.3 Å². The highest BCUT2D eigenvalue weighted by Gasteiger charge is 2.21. The van der Waals surface area contributed by atoms with Crippen molar-refractivity contribution in [3.63, 3.8) is 0 Å². The van der Waals surface area contributed by atoms with Gasteiger partial charge in [0.1, 0.15) is 5.75 Å². The number of nitrogens with two attached hydrogens (primary N) is 1. The van der Waals surface area contributed by atoms with Crippen LogP contribution in [0, 0.1) is 0 Å². The zero-order valence-corrected chi connectivity index (χ0v) is 19.1. The second-order valence-corrected chi connectivity index (χ2v) is 8.10. The van der Waals surface area contributed by atoms with Crippen LogP contribution < -0.4 is 10.5 Å². The third-order valence-corrected chi connectivity index (χ3v) is 5.72. The Morgan fingerprint density at radius 2 is 1.67 bits per heavy atom. The number of halogens is 3. The zero-order chi connectivity index (χ0) is 21.8. The molecule has 0 amide bonds. The minimum absolute atomic E-state index is 0.147. The molecule has 7 heteroatoms. The molecular weight excluding hydrogens is 489 g/mol. The van der Waals surface area contributed by atoms with E-state index in [1.807, 2.05) is 37.3 Å². The molecule has 0 saturated heterocycles. The monoisotopic (exact) mass is 505 g/mol. The molecule has 0 aliphatic heterocycles. The van der Waals surface area contributed by atoms with Crippen molar-refractivity contribution in [1.29, 1.82) is 0 Å². The van der Waals surface area contributed by atoms with Crippen LogP contribution >= 0.6 is 39.1 Å². The van der Waals surface area contributed by atoms with Gasteiger partial charge in [-0.1, -0.05) is 60.5 Å². The number of carboxylic acid groups (broad SMARTS) is 1. The fourth-order valence-electron chi connectivity index (χ4n) is 3.08. The molecule has 0 heterocycles. The second kappa shape index (κ2) is 9.56. The molecule has 0 aliphatic rings. The van der Waals surface area contributed by atoms with Gasteiger partial charge in [0, 0.05) is 10.2 Å². The number of aliphatic carboxylic acids is 1. The first-order chi connectivity index (χ1) is 14.3. The third-order valence-electron chi connectivity index (χ3n) is 4.47. The summed E-state index contributed by atoms with van der Waals surface area (Å²) in [6, 6.07) is 17.5. The minimum Gasteiger partial charge on any atom is -0.478 e. The maximum Gasteiger partial charge on any atom is 0.336 e. The van der Waals surface area contributed by atoms with Crippen molar-refractivity contribution < 1.29 is 14.6 Å². The molecule has 3 N–H and O–H groups in total. The summed E-state index contributed by atoms with van der Waals surface area (Å²) < 4.78 is 6.51. The molecule has 0 fully saturated rings. The molecule has 0 aliphatic carbocycles. The van der Waals surface area contributed by atoms with Crippen LogP contribution in [0.3, 0.4) is 0 Å². The normalized spacial score (nSPS) is 11.7. The number of benzene rings is 3. The van der Waals surface area contributed by atoms with E-state index in [9.17, 15) is 9.90 Å². The van der Waals surface area contributed by atoms with Gasteiger partial charge in [-0.25, -0.2) is 4.79 Å². The van der Waals surface area contributed by atoms with Crippen molar-refractivity contribution in [2.75, 3.05) is 5.73 Å². The van der Waals surface area contributed by atoms with Gasteiger partial charge in [0.25, 0.3) is 0 Å². The summed E-state index contributed by atoms with van der Waals surface area (Å²) >= 11 is 16.2. The van der Waals surface area contributed by atoms with Crippen molar-refractivity contribution in [3.8, 4) is 11.5 Å². The van der Waals surface area contributed by atoms with Gasteiger partial charge >= 0.3 is 5.97 Å². The maximum atomic E-state index is 12.1. The number of carboxylic acids is 1. The quantitative estimate of drug-likeness (QED) is 0.206. The number of ether oxygens (including phenoxy) is 1. The number of hydrogen-bond donors (Lipinski definition) is 2. The van der Waals surface area contributed by atoms with Gasteiger partial charge in [-0.05, 0) is 69.4 Å². The number of allylic oxidation sites excluding steroid dienone is 1. The summed E-state index contributed by atoms with van der Waals surface area (Å²) in [5.41, 5.74) is 8.44. The Morgan fingerprint density at radius 3 is 2.20 bits per heavy atom. The SMILES string of the molecule is CCC(=C(C(=O)O)c1cc(Cl)c(Oc2ccc(N)c(Br)c2)c(Cl)c1)c1ccccc1. The molecule has 30 heavy (non-hydrogen) atoms. The second-order valence-electron chi connectivity index (χ2n) is 6.43. The third kappa shape index (κ3) is 4.81. The van der Waals surface area contributed by atoms with E-state index in [0.717, 1.165) is 5.56 Å². The number of nitrogen functional groups attached to an aromatic ring is 1. The first-order valence-electron chi connectivity index (χ1n) is 9.06. The standard InChI is InChI=1S/C23H18BrCl2NO3/c1-2-16(13-6-4-3-5-7-13)21(23(28)29)14-10-18(25)22(19(26)11-14)30-15-8-9-20(27)17(24)12-15/h3-12H,2,27H2,1H3,(H,28,29). The molecule has 3 rings (SSSR count). The van der Waals surface area contributed by atoms with E-state index in [1.165, 1.54) is 0 Å². The lowest BCUT2D eigenvalue weighted by atomic mass is 9.93. The lowest BCUT2D eigenvalue weighted by molar-refractivity contribution is -0.130. The lowest BCUT2D eigenvalue weighted by Crippen LogP contribution is -2.04. The van der Waals surface area contributed by atoms with Gasteiger partial charge in [-0.3, -0.25) is 0 Å². The summed E-state index contributed by atoms with van der Waals surface area (Å²) in [5, 5.41) is 10.3. The van der Waals surface area contributed by atoms with Gasteiger partial charge in [0.2, 0.25) is 0 Å². The molecule has 4 nitrogen and oxygen atoms in total. The van der Waals surface area contributed by atoms with Crippen LogP contribution in [0.5, 0.6) is 11.5 Å². The summed E-state index contributed by atoms with van der Waals surface area (Å²) in [5.74, 6) is -0.333. The van der Waals surface area contributed by atoms with E-state index in [0.29, 0.717) is 33.5 Å². The fraction of sp³-hybridized carbons (Fsp3) is 0.0870. The molecular formula is C23H18BrCl2NO3. The fourth-order valence-corrected chi connectivity index (χ4v) is 4.00. The van der Waals surface area contributed by atoms with Crippen LogP contribution in [-0.2, 0) is 4.79 Å². The van der Waals surface area contributed by atoms with E-state index in [2.05, 4.69) is 15.9 Å². The van der Waals surface area contributed by atoms with E-state index < -0.39 is 5.97 Å². The minimum atomic E-state index is -1.06. The van der Waals surface area contributed by atoms with Crippen LogP contribution in [0.15, 0.2) is 65.1 Å². The van der Waals surface area contributed by atoms with Gasteiger partial charge in [0.05, 0.1) is 15.6 Å². The Balaban J connectivity index is 2.08. The molecule has 154 valence electrons. The molecule has 3 aromatic carbocycles. The Kier molecular flexibility index (Phi) is 7.08. The Labute approximate surface area is 193 Å². The zero-order valence-electron chi connectivity index (χ0n) is 16.0. The number of anilines is 1. The highest BCUT2D eigenvalue weighted by molar-refractivity contribution is 9.10. The molecule has 0 atom stereocenters. The molecule has 0 spiro atoms. The Hall–Kier alpha value is -2.47. The predicted molar refractivity (Wildman–Crippen MR) is 126 cm³/mol. The summed E-state index contributed by atoms with van der Waals surface area (Å²) in [6.45, 7) is 1.91. The maximum absolute atomic E-state index is 12.1. The Morgan fingerprint density at radius 1 is 1.03 bits per heavy atom. The van der Waals surface area contributed by atoms with Crippen molar-refractivity contribution in [2.24, 2.45) is 0 Å². The molecule has 0 aromatic heterocycles. The van der Waals surface area contributed by atoms with E-state index in [4.69, 9.17) is 33.7 Å². The van der Waals surface area contributed by atoms with Gasteiger partial charge < -0.3 is 15.6 Å². The summed E-state index contributed by atoms with van der Waals surface area (Å²) in [7, 11) is 0. The smallest absolute Gasteiger partial charge is 0.336 e. The van der Waals surface area contributed by atoms with Gasteiger partial charge in [-0.2, -0.15) is 0 Å². The average Bonchev–Trinajstić information content (AvgIpc) is 2.71. The number of carbonyl (C=O) groups is 1. The van der Waals surface area contributed by atoms with Crippen LogP contribution in [0.25, 0.3) is 11.1 Å². The van der Waals surface area contributed by atoms with Crippen molar-refractivity contribution >= 4 is 61.9 Å². The average molecular weight is 507 g/mol. The Bertz CT molecular complexity index is 1110. The van der Waals surface area contributed by atoms with Crippen LogP contribution in [0.4, 0.5) is 5.69 Å². The molecule has 3 aromatic rings. The predicted octanol–water partition coefficient (Wildman–Crippen LogP) is 7.54. The van der Waals surface area contributed by atoms with Gasteiger partial charge in [-0.15, -0.1) is 0 Å². The van der Waals surface area contributed by atoms with Crippen LogP contribution in [-0.4, -0.2) is 11.1 Å². The highest BCUT2D eigenvalue weighted by atomic mass is 79.9. The lowest BCUT2D eigenvalue weighted by Gasteiger charge is -2.15. The van der Waals surface area contributed by atoms with Crippen LogP contribution in [0.1, 0.15) is 24.5 Å². The summed E-state index contributed by atoms with van der Waals surface area (Å²) in [4.78, 5) is 12.1. The number of rotatable bonds is 6. The van der Waals surface area contributed by atoms with Crippen LogP contribution in [0.2, 0.25) is 10.0 Å². The van der Waals surface area contributed by atoms with Crippen molar-refractivity contribution in [1.82, 2.24) is 0 Å². The first kappa shape index (κ1) is 22.2. The van der Waals surface area contributed by atoms with E-state index >= 15 is 0 Å². The van der Waals surface area contributed by atoms with Crippen molar-refractivity contribution in [3.05, 3.63) is 86.3 Å². The van der Waals surface area contributed by atoms with Gasteiger partial charge in [0.15, 0.2) is 5.75 Å². The molecule has 0 unspecified atom stereocenters. The largest absolute Gasteiger partial charge is 0.478 e. The summed E-state index contributed by atoms with van der Waals surface area (Å²) in [6.07, 6.45) is 0.526.